The summed E-state index contributed by atoms with van der Waals surface area (Å²) in [5.74, 6) is -41.7. The first-order chi connectivity index (χ1) is 8.89. The molecule has 126 valence electrons. The van der Waals surface area contributed by atoms with Crippen molar-refractivity contribution in [1.29, 1.82) is 0 Å². The van der Waals surface area contributed by atoms with Gasteiger partial charge in [0.15, 0.2) is 0 Å². The van der Waals surface area contributed by atoms with E-state index in [2.05, 4.69) is 0 Å². The van der Waals surface area contributed by atoms with Gasteiger partial charge in [0.2, 0.25) is 0 Å². The fraction of sp³-hybridized carbons (Fsp3) is 0.857. The van der Waals surface area contributed by atoms with Crippen molar-refractivity contribution in [2.45, 2.75) is 36.0 Å². The van der Waals surface area contributed by atoms with Crippen LogP contribution in [-0.2, 0) is 4.79 Å². The number of hydrogen-bond donors (Lipinski definition) is 0. The Labute approximate surface area is 155 Å². The van der Waals surface area contributed by atoms with Crippen molar-refractivity contribution in [3.63, 3.8) is 0 Å². The van der Waals surface area contributed by atoms with Crippen molar-refractivity contribution in [3.8, 4) is 0 Å². The van der Waals surface area contributed by atoms with Crippen LogP contribution in [0.2, 0.25) is 0 Å². The third-order valence-electron chi connectivity index (χ3n) is 2.13. The molecule has 0 heterocycles. The molecular formula is C7HF12KO2. The molecule has 0 saturated carbocycles. The summed E-state index contributed by atoms with van der Waals surface area (Å²) in [6.07, 6.45) is -5.63. The van der Waals surface area contributed by atoms with E-state index in [1.165, 1.54) is 0 Å². The van der Waals surface area contributed by atoms with Gasteiger partial charge in [-0.05, 0) is 0 Å². The van der Waals surface area contributed by atoms with E-state index in [9.17, 15) is 62.6 Å². The molecule has 0 aromatic heterocycles. The van der Waals surface area contributed by atoms with Crippen LogP contribution in [0.5, 0.6) is 0 Å². The minimum absolute atomic E-state index is 0. The molecule has 0 radical (unpaired) electrons. The van der Waals surface area contributed by atoms with Gasteiger partial charge in [-0.1, -0.05) is 0 Å². The number of carbonyl (C=O) groups excluding carboxylic acids is 1. The molecule has 15 heteroatoms. The predicted molar refractivity (Wildman–Crippen MR) is 35.7 cm³/mol. The third kappa shape index (κ3) is 3.23. The topological polar surface area (TPSA) is 40.1 Å². The van der Waals surface area contributed by atoms with Gasteiger partial charge in [0, 0.05) is 0 Å². The molecule has 0 aliphatic heterocycles. The van der Waals surface area contributed by atoms with Crippen LogP contribution < -0.4 is 56.5 Å². The van der Waals surface area contributed by atoms with Crippen LogP contribution in [0.1, 0.15) is 0 Å². The second-order valence-corrected chi connectivity index (χ2v) is 3.51. The summed E-state index contributed by atoms with van der Waals surface area (Å²) in [6, 6.07) is 0. The third-order valence-corrected chi connectivity index (χ3v) is 2.13. The molecule has 0 aromatic rings. The quantitative estimate of drug-likeness (QED) is 0.444. The van der Waals surface area contributed by atoms with Gasteiger partial charge >= 0.3 is 87.4 Å². The molecule has 0 rings (SSSR count). The first kappa shape index (κ1) is 24.5. The van der Waals surface area contributed by atoms with Crippen LogP contribution in [0.4, 0.5) is 52.7 Å². The van der Waals surface area contributed by atoms with Crippen molar-refractivity contribution in [1.82, 2.24) is 0 Å². The van der Waals surface area contributed by atoms with E-state index < -0.39 is 42.0 Å². The summed E-state index contributed by atoms with van der Waals surface area (Å²) in [5.41, 5.74) is 0. The average molecular weight is 384 g/mol. The second kappa shape index (κ2) is 6.64. The van der Waals surface area contributed by atoms with Gasteiger partial charge in [-0.2, -0.15) is 43.9 Å². The number of carbonyl (C=O) groups is 1. The van der Waals surface area contributed by atoms with Crippen LogP contribution in [-0.4, -0.2) is 42.0 Å². The van der Waals surface area contributed by atoms with Crippen LogP contribution >= 0.6 is 0 Å². The molecule has 0 fully saturated rings. The molecule has 0 aromatic carbocycles. The number of alkyl halides is 12. The zero-order chi connectivity index (χ0) is 17.7. The SMILES string of the molecule is O=C([O-])C(F)(F)C(F)(F)C(F)(F)C(F)(F)C(F)(F)C(F)F.[K+]. The van der Waals surface area contributed by atoms with Gasteiger partial charge in [0.05, 0.1) is 0 Å². The van der Waals surface area contributed by atoms with E-state index in [-0.39, 0.29) is 51.4 Å². The molecule has 0 unspecified atom stereocenters. The number of carboxylic acids is 1. The van der Waals surface area contributed by atoms with E-state index in [0.717, 1.165) is 0 Å². The monoisotopic (exact) mass is 384 g/mol. The summed E-state index contributed by atoms with van der Waals surface area (Å²) in [7, 11) is 0. The van der Waals surface area contributed by atoms with E-state index in [1.54, 1.807) is 0 Å². The standard InChI is InChI=1S/C7H2F12O2.K/c8-1(9)3(10,11)5(14,15)7(18,19)6(16,17)4(12,13)2(20)21;/h1H,(H,20,21);/q;+1/p-1. The Morgan fingerprint density at radius 3 is 1.27 bits per heavy atom. The fourth-order valence-corrected chi connectivity index (χ4v) is 0.869. The second-order valence-electron chi connectivity index (χ2n) is 3.51. The maximum Gasteiger partial charge on any atom is 1.00 e. The number of carboxylic acid groups (broad SMARTS) is 1. The smallest absolute Gasteiger partial charge is 0.544 e. The van der Waals surface area contributed by atoms with Crippen molar-refractivity contribution < 1.29 is 114 Å². The fourth-order valence-electron chi connectivity index (χ4n) is 0.869. The Morgan fingerprint density at radius 1 is 0.727 bits per heavy atom. The van der Waals surface area contributed by atoms with Crippen molar-refractivity contribution in [3.05, 3.63) is 0 Å². The predicted octanol–water partition coefficient (Wildman–Crippen LogP) is -0.818. The Morgan fingerprint density at radius 2 is 1.05 bits per heavy atom. The number of hydrogen-bond acceptors (Lipinski definition) is 2. The van der Waals surface area contributed by atoms with Crippen LogP contribution in [0.15, 0.2) is 0 Å². The first-order valence-electron chi connectivity index (χ1n) is 4.27. The molecule has 0 atom stereocenters. The average Bonchev–Trinajstić information content (AvgIpc) is 2.27. The van der Waals surface area contributed by atoms with Gasteiger partial charge in [-0.3, -0.25) is 0 Å². The molecule has 0 aliphatic carbocycles. The minimum atomic E-state index is -7.84. The van der Waals surface area contributed by atoms with Crippen molar-refractivity contribution in [2.75, 3.05) is 0 Å². The van der Waals surface area contributed by atoms with Crippen LogP contribution in [0, 0.1) is 0 Å². The molecular weight excluding hydrogens is 383 g/mol. The number of rotatable bonds is 6. The normalized spacial score (nSPS) is 14.8. The van der Waals surface area contributed by atoms with Crippen LogP contribution in [0.25, 0.3) is 0 Å². The maximum atomic E-state index is 12.6. The van der Waals surface area contributed by atoms with E-state index in [4.69, 9.17) is 0 Å². The van der Waals surface area contributed by atoms with Gasteiger partial charge in [-0.15, -0.1) is 0 Å². The summed E-state index contributed by atoms with van der Waals surface area (Å²) in [5, 5.41) is 9.57. The minimum Gasteiger partial charge on any atom is -0.544 e. The molecule has 0 bridgehead atoms. The molecule has 2 nitrogen and oxygen atoms in total. The summed E-state index contributed by atoms with van der Waals surface area (Å²) >= 11 is 0. The Kier molecular flexibility index (Phi) is 7.40. The zero-order valence-corrected chi connectivity index (χ0v) is 13.1. The maximum absolute atomic E-state index is 12.6. The van der Waals surface area contributed by atoms with Crippen molar-refractivity contribution >= 4 is 5.97 Å². The largest absolute Gasteiger partial charge is 1.00 e. The number of aliphatic carboxylic acids is 1. The Hall–Kier alpha value is 0.266. The summed E-state index contributed by atoms with van der Waals surface area (Å²) < 4.78 is 147. The van der Waals surface area contributed by atoms with Gasteiger partial charge in [0.25, 0.3) is 0 Å². The van der Waals surface area contributed by atoms with Gasteiger partial charge in [-0.25, -0.2) is 8.78 Å². The Bertz CT molecular complexity index is 420. The molecule has 0 N–H and O–H groups in total. The molecule has 0 amide bonds. The van der Waals surface area contributed by atoms with E-state index in [1.807, 2.05) is 0 Å². The van der Waals surface area contributed by atoms with Gasteiger partial charge in [0.1, 0.15) is 5.97 Å². The molecule has 0 aliphatic rings. The van der Waals surface area contributed by atoms with Crippen LogP contribution in [0.3, 0.4) is 0 Å². The summed E-state index contributed by atoms with van der Waals surface area (Å²) in [4.78, 5) is 9.57. The zero-order valence-electron chi connectivity index (χ0n) is 9.93. The van der Waals surface area contributed by atoms with Gasteiger partial charge < -0.3 is 9.90 Å². The molecule has 22 heavy (non-hydrogen) atoms. The summed E-state index contributed by atoms with van der Waals surface area (Å²) in [6.45, 7) is 0. The number of halogens is 12. The van der Waals surface area contributed by atoms with Crippen molar-refractivity contribution in [2.24, 2.45) is 0 Å². The Balaban J connectivity index is 0. The van der Waals surface area contributed by atoms with E-state index in [0.29, 0.717) is 0 Å². The van der Waals surface area contributed by atoms with E-state index >= 15 is 0 Å². The molecule has 0 spiro atoms. The first-order valence-corrected chi connectivity index (χ1v) is 4.27. The molecule has 0 saturated heterocycles.